The topological polar surface area (TPSA) is 43.3 Å². The van der Waals surface area contributed by atoms with Crippen LogP contribution in [0.1, 0.15) is 0 Å². The van der Waals surface area contributed by atoms with Gasteiger partial charge in [0.05, 0.1) is 22.7 Å². The summed E-state index contributed by atoms with van der Waals surface area (Å²) in [5.74, 6) is 0.704. The Morgan fingerprint density at radius 1 is 0.625 bits per heavy atom. The van der Waals surface area contributed by atoms with Crippen LogP contribution in [0.3, 0.4) is 0 Å². The zero-order valence-corrected chi connectivity index (χ0v) is 16.9. The lowest BCUT2D eigenvalue weighted by molar-refractivity contribution is 0.666. The van der Waals surface area contributed by atoms with Crippen molar-refractivity contribution in [2.45, 2.75) is 0 Å². The molecular weight excluding hydrogens is 394 g/mol. The number of benzene rings is 4. The molecule has 0 atom stereocenters. The molecule has 0 aliphatic carbocycles. The lowest BCUT2D eigenvalue weighted by Crippen LogP contribution is -1.89. The number of fused-ring (bicyclic) bond motifs is 9. The summed E-state index contributed by atoms with van der Waals surface area (Å²) in [7, 11) is 0. The van der Waals surface area contributed by atoms with E-state index in [1.165, 1.54) is 38.1 Å². The molecule has 0 fully saturated rings. The summed E-state index contributed by atoms with van der Waals surface area (Å²) in [5, 5.41) is 6.10. The van der Waals surface area contributed by atoms with E-state index in [2.05, 4.69) is 70.0 Å². The molecule has 0 radical (unpaired) electrons. The highest BCUT2D eigenvalue weighted by atomic mass is 16.3. The number of aromatic nitrogens is 3. The Hall–Kier alpha value is -4.44. The number of hydrogen-bond donors (Lipinski definition) is 0. The molecule has 0 aliphatic heterocycles. The smallest absolute Gasteiger partial charge is 0.172 e. The first-order valence-corrected chi connectivity index (χ1v) is 10.7. The van der Waals surface area contributed by atoms with Crippen molar-refractivity contribution in [3.8, 4) is 11.4 Å². The SMILES string of the molecule is c1ccc2c(c1)oc1cnc(-c3ccc4c5cccc6c7ccccc7n(c4c3)c65)nc12. The predicted octanol–water partition coefficient (Wildman–Crippen LogP) is 7.19. The van der Waals surface area contributed by atoms with E-state index in [1.807, 2.05) is 24.3 Å². The highest BCUT2D eigenvalue weighted by Crippen LogP contribution is 2.39. The molecule has 0 N–H and O–H groups in total. The molecule has 4 heteroatoms. The van der Waals surface area contributed by atoms with Gasteiger partial charge in [0.1, 0.15) is 11.1 Å². The van der Waals surface area contributed by atoms with Crippen LogP contribution >= 0.6 is 0 Å². The molecule has 148 valence electrons. The highest BCUT2D eigenvalue weighted by Gasteiger charge is 2.18. The molecule has 8 aromatic rings. The monoisotopic (exact) mass is 409 g/mol. The van der Waals surface area contributed by atoms with Gasteiger partial charge in [0.2, 0.25) is 0 Å². The molecule has 0 bridgehead atoms. The maximum atomic E-state index is 5.91. The fourth-order valence-corrected chi connectivity index (χ4v) is 5.22. The van der Waals surface area contributed by atoms with Gasteiger partial charge in [0, 0.05) is 32.5 Å². The van der Waals surface area contributed by atoms with Gasteiger partial charge < -0.3 is 8.82 Å². The largest absolute Gasteiger partial charge is 0.453 e. The molecule has 0 saturated carbocycles. The quantitative estimate of drug-likeness (QED) is 0.288. The number of nitrogens with zero attached hydrogens (tertiary/aromatic N) is 3. The first-order chi connectivity index (χ1) is 15.9. The average Bonchev–Trinajstić information content (AvgIpc) is 3.50. The summed E-state index contributed by atoms with van der Waals surface area (Å²) in [4.78, 5) is 9.52. The maximum Gasteiger partial charge on any atom is 0.172 e. The van der Waals surface area contributed by atoms with Crippen LogP contribution < -0.4 is 0 Å². The van der Waals surface area contributed by atoms with Crippen LogP contribution in [0, 0.1) is 0 Å². The lowest BCUT2D eigenvalue weighted by atomic mass is 10.1. The van der Waals surface area contributed by atoms with Gasteiger partial charge in [-0.2, -0.15) is 0 Å². The zero-order chi connectivity index (χ0) is 20.8. The zero-order valence-electron chi connectivity index (χ0n) is 16.9. The van der Waals surface area contributed by atoms with Crippen LogP contribution in [-0.2, 0) is 0 Å². The van der Waals surface area contributed by atoms with E-state index >= 15 is 0 Å². The lowest BCUT2D eigenvalue weighted by Gasteiger charge is -2.02. The molecule has 0 spiro atoms. The molecule has 4 heterocycles. The Balaban J connectivity index is 1.47. The highest BCUT2D eigenvalue weighted by molar-refractivity contribution is 6.23. The van der Waals surface area contributed by atoms with Gasteiger partial charge in [-0.15, -0.1) is 0 Å². The van der Waals surface area contributed by atoms with Crippen molar-refractivity contribution >= 4 is 60.2 Å². The van der Waals surface area contributed by atoms with Gasteiger partial charge in [0.15, 0.2) is 11.4 Å². The fraction of sp³-hybridized carbons (Fsp3) is 0. The van der Waals surface area contributed by atoms with Crippen molar-refractivity contribution in [2.24, 2.45) is 0 Å². The average molecular weight is 409 g/mol. The molecule has 4 nitrogen and oxygen atoms in total. The van der Waals surface area contributed by atoms with Gasteiger partial charge in [-0.3, -0.25) is 0 Å². The van der Waals surface area contributed by atoms with Crippen molar-refractivity contribution in [1.29, 1.82) is 0 Å². The van der Waals surface area contributed by atoms with Crippen molar-refractivity contribution in [3.63, 3.8) is 0 Å². The molecule has 0 unspecified atom stereocenters. The van der Waals surface area contributed by atoms with Crippen LogP contribution in [0.5, 0.6) is 0 Å². The maximum absolute atomic E-state index is 5.91. The molecule has 0 saturated heterocycles. The van der Waals surface area contributed by atoms with Gasteiger partial charge in [-0.1, -0.05) is 60.7 Å². The Morgan fingerprint density at radius 3 is 2.28 bits per heavy atom. The van der Waals surface area contributed by atoms with E-state index in [0.29, 0.717) is 11.4 Å². The summed E-state index contributed by atoms with van der Waals surface area (Å²) < 4.78 is 8.29. The van der Waals surface area contributed by atoms with E-state index in [1.54, 1.807) is 6.20 Å². The van der Waals surface area contributed by atoms with E-state index in [-0.39, 0.29) is 0 Å². The standard InChI is InChI=1S/C28H15N3O/c1-3-10-22-17(6-1)19-8-5-9-20-18-13-12-16(14-23(18)31(22)27(19)20)28-29-15-25-26(30-28)21-7-2-4-11-24(21)32-25/h1-15H. The number of rotatable bonds is 1. The second-order valence-corrected chi connectivity index (χ2v) is 8.29. The molecule has 4 aromatic carbocycles. The Bertz CT molecular complexity index is 1990. The van der Waals surface area contributed by atoms with Gasteiger partial charge >= 0.3 is 0 Å². The van der Waals surface area contributed by atoms with E-state index in [0.717, 1.165) is 22.0 Å². The van der Waals surface area contributed by atoms with Crippen LogP contribution in [0.2, 0.25) is 0 Å². The van der Waals surface area contributed by atoms with Crippen molar-refractivity contribution in [1.82, 2.24) is 14.4 Å². The van der Waals surface area contributed by atoms with E-state index in [9.17, 15) is 0 Å². The third-order valence-corrected chi connectivity index (χ3v) is 6.60. The summed E-state index contributed by atoms with van der Waals surface area (Å²) >= 11 is 0. The van der Waals surface area contributed by atoms with Gasteiger partial charge in [-0.25, -0.2) is 9.97 Å². The first kappa shape index (κ1) is 16.3. The summed E-state index contributed by atoms with van der Waals surface area (Å²) in [5.41, 5.74) is 7.07. The molecular formula is C28H15N3O. The minimum absolute atomic E-state index is 0.704. The normalized spacial score (nSPS) is 12.4. The third-order valence-electron chi connectivity index (χ3n) is 6.60. The third kappa shape index (κ3) is 1.92. The molecule has 4 aromatic heterocycles. The summed E-state index contributed by atoms with van der Waals surface area (Å²) in [6.45, 7) is 0. The summed E-state index contributed by atoms with van der Waals surface area (Å²) in [6.07, 6.45) is 1.78. The number of hydrogen-bond acceptors (Lipinski definition) is 3. The Kier molecular flexibility index (Phi) is 2.86. The van der Waals surface area contributed by atoms with Crippen LogP contribution in [0.4, 0.5) is 0 Å². The van der Waals surface area contributed by atoms with E-state index < -0.39 is 0 Å². The predicted molar refractivity (Wildman–Crippen MR) is 129 cm³/mol. The van der Waals surface area contributed by atoms with E-state index in [4.69, 9.17) is 9.40 Å². The molecule has 0 amide bonds. The van der Waals surface area contributed by atoms with Crippen LogP contribution in [-0.4, -0.2) is 14.4 Å². The van der Waals surface area contributed by atoms with Crippen LogP contribution in [0.25, 0.3) is 71.6 Å². The molecule has 8 rings (SSSR count). The van der Waals surface area contributed by atoms with Crippen molar-refractivity contribution < 1.29 is 4.42 Å². The molecule has 32 heavy (non-hydrogen) atoms. The molecule has 0 aliphatic rings. The van der Waals surface area contributed by atoms with Crippen LogP contribution in [0.15, 0.2) is 95.5 Å². The van der Waals surface area contributed by atoms with Gasteiger partial charge in [-0.05, 0) is 24.3 Å². The first-order valence-electron chi connectivity index (χ1n) is 10.7. The summed E-state index contributed by atoms with van der Waals surface area (Å²) in [6, 6.07) is 29.7. The fourth-order valence-electron chi connectivity index (χ4n) is 5.22. The second-order valence-electron chi connectivity index (χ2n) is 8.29. The number of para-hydroxylation sites is 3. The minimum atomic E-state index is 0.704. The van der Waals surface area contributed by atoms with Gasteiger partial charge in [0.25, 0.3) is 0 Å². The second kappa shape index (κ2) is 5.62. The Morgan fingerprint density at radius 2 is 1.38 bits per heavy atom. The van der Waals surface area contributed by atoms with Crippen molar-refractivity contribution in [2.75, 3.05) is 0 Å². The number of furan rings is 1. The Labute approximate surface area is 181 Å². The van der Waals surface area contributed by atoms with Crippen molar-refractivity contribution in [3.05, 3.63) is 91.1 Å². The minimum Gasteiger partial charge on any atom is -0.453 e.